The number of hydrogen-bond donors (Lipinski definition) is 1. The molecule has 1 aliphatic heterocycles. The topological polar surface area (TPSA) is 85.2 Å². The monoisotopic (exact) mass is 372 g/mol. The van der Waals surface area contributed by atoms with Crippen LogP contribution in [0.2, 0.25) is 5.02 Å². The van der Waals surface area contributed by atoms with E-state index in [0.717, 1.165) is 5.39 Å². The lowest BCUT2D eigenvalue weighted by Gasteiger charge is -2.28. The maximum absolute atomic E-state index is 12.7. The van der Waals surface area contributed by atoms with Crippen molar-refractivity contribution in [2.75, 3.05) is 36.5 Å². The van der Waals surface area contributed by atoms with E-state index in [4.69, 9.17) is 16.3 Å². The van der Waals surface area contributed by atoms with Crippen molar-refractivity contribution in [1.82, 2.24) is 19.7 Å². The number of aryl methyl sites for hydroxylation is 1. The zero-order valence-electron chi connectivity index (χ0n) is 14.1. The highest BCUT2D eigenvalue weighted by molar-refractivity contribution is 6.30. The number of amides is 1. The molecule has 2 aromatic heterocycles. The van der Waals surface area contributed by atoms with Gasteiger partial charge in [-0.05, 0) is 24.3 Å². The van der Waals surface area contributed by atoms with E-state index in [1.807, 2.05) is 0 Å². The number of carbonyl (C=O) groups excluding carboxylic acids is 1. The highest BCUT2D eigenvalue weighted by Crippen LogP contribution is 2.24. The van der Waals surface area contributed by atoms with Crippen LogP contribution in [0.5, 0.6) is 0 Å². The van der Waals surface area contributed by atoms with Gasteiger partial charge in [-0.2, -0.15) is 5.10 Å². The molecule has 0 bridgehead atoms. The second-order valence-electron chi connectivity index (χ2n) is 5.94. The summed E-state index contributed by atoms with van der Waals surface area (Å²) >= 11 is 5.88. The first-order chi connectivity index (χ1) is 12.6. The van der Waals surface area contributed by atoms with Gasteiger partial charge >= 0.3 is 0 Å². The third-order valence-corrected chi connectivity index (χ3v) is 4.44. The van der Waals surface area contributed by atoms with E-state index >= 15 is 0 Å². The van der Waals surface area contributed by atoms with Gasteiger partial charge in [0, 0.05) is 30.8 Å². The number of anilines is 2. The molecule has 0 aliphatic carbocycles. The lowest BCUT2D eigenvalue weighted by Crippen LogP contribution is -2.37. The Hall–Kier alpha value is -2.71. The number of benzene rings is 1. The lowest BCUT2D eigenvalue weighted by molar-refractivity contribution is 0.101. The summed E-state index contributed by atoms with van der Waals surface area (Å²) in [6.45, 7) is 2.66. The number of morpholine rings is 1. The Kier molecular flexibility index (Phi) is 4.44. The lowest BCUT2D eigenvalue weighted by atomic mass is 10.3. The van der Waals surface area contributed by atoms with Crippen LogP contribution in [0.4, 0.5) is 11.5 Å². The van der Waals surface area contributed by atoms with Gasteiger partial charge in [0.25, 0.3) is 5.91 Å². The van der Waals surface area contributed by atoms with Gasteiger partial charge in [-0.25, -0.2) is 9.97 Å². The van der Waals surface area contributed by atoms with Crippen LogP contribution in [0.1, 0.15) is 10.6 Å². The van der Waals surface area contributed by atoms with Gasteiger partial charge in [-0.15, -0.1) is 0 Å². The fraction of sp³-hybridized carbons (Fsp3) is 0.294. The maximum atomic E-state index is 12.7. The molecule has 8 nitrogen and oxygen atoms in total. The smallest absolute Gasteiger partial charge is 0.293 e. The van der Waals surface area contributed by atoms with Gasteiger partial charge < -0.3 is 15.0 Å². The van der Waals surface area contributed by atoms with E-state index < -0.39 is 0 Å². The van der Waals surface area contributed by atoms with Gasteiger partial charge in [0.15, 0.2) is 5.65 Å². The molecule has 1 fully saturated rings. The van der Waals surface area contributed by atoms with Crippen LogP contribution in [0.3, 0.4) is 0 Å². The number of nitrogens with one attached hydrogen (secondary N) is 1. The molecule has 0 saturated carbocycles. The second kappa shape index (κ2) is 6.89. The summed E-state index contributed by atoms with van der Waals surface area (Å²) in [6.07, 6.45) is 1.72. The molecule has 0 atom stereocenters. The molecule has 1 amide bonds. The van der Waals surface area contributed by atoms with E-state index in [2.05, 4.69) is 25.3 Å². The molecule has 1 saturated heterocycles. The first-order valence-electron chi connectivity index (χ1n) is 8.21. The number of hydrogen-bond acceptors (Lipinski definition) is 6. The highest BCUT2D eigenvalue weighted by atomic mass is 35.5. The van der Waals surface area contributed by atoms with Gasteiger partial charge in [-0.1, -0.05) is 11.6 Å². The van der Waals surface area contributed by atoms with Crippen LogP contribution in [0.25, 0.3) is 11.0 Å². The van der Waals surface area contributed by atoms with Crippen LogP contribution in [-0.4, -0.2) is 52.0 Å². The van der Waals surface area contributed by atoms with Crippen molar-refractivity contribution >= 4 is 40.0 Å². The number of nitrogens with zero attached hydrogens (tertiary/aromatic N) is 5. The van der Waals surface area contributed by atoms with Crippen molar-refractivity contribution in [2.45, 2.75) is 0 Å². The molecule has 0 radical (unpaired) electrons. The van der Waals surface area contributed by atoms with Crippen LogP contribution in [0, 0.1) is 0 Å². The first-order valence-corrected chi connectivity index (χ1v) is 8.59. The van der Waals surface area contributed by atoms with Crippen molar-refractivity contribution in [3.63, 3.8) is 0 Å². The van der Waals surface area contributed by atoms with Crippen molar-refractivity contribution < 1.29 is 9.53 Å². The van der Waals surface area contributed by atoms with E-state index in [9.17, 15) is 4.79 Å². The van der Waals surface area contributed by atoms with E-state index in [1.54, 1.807) is 42.2 Å². The molecular formula is C17H17ClN6O2. The number of carbonyl (C=O) groups is 1. The fourth-order valence-electron chi connectivity index (χ4n) is 2.85. The van der Waals surface area contributed by atoms with Gasteiger partial charge in [0.1, 0.15) is 5.82 Å². The summed E-state index contributed by atoms with van der Waals surface area (Å²) in [4.78, 5) is 23.7. The third-order valence-electron chi connectivity index (χ3n) is 4.19. The number of halogens is 1. The number of fused-ring (bicyclic) bond motifs is 1. The largest absolute Gasteiger partial charge is 0.378 e. The standard InChI is InChI=1S/C17H17ClN6O2/c1-23-15-13(10-19-23)16(24-6-8-26-9-7-24)22-14(21-15)17(25)20-12-4-2-11(18)3-5-12/h2-5,10H,6-9H2,1H3,(H,20,25). The zero-order valence-corrected chi connectivity index (χ0v) is 14.9. The van der Waals surface area contributed by atoms with Crippen molar-refractivity contribution in [1.29, 1.82) is 0 Å². The van der Waals surface area contributed by atoms with E-state index in [0.29, 0.717) is 48.5 Å². The summed E-state index contributed by atoms with van der Waals surface area (Å²) in [5.41, 5.74) is 1.24. The average molecular weight is 373 g/mol. The molecular weight excluding hydrogens is 356 g/mol. The summed E-state index contributed by atoms with van der Waals surface area (Å²) in [5, 5.41) is 8.47. The number of rotatable bonds is 3. The van der Waals surface area contributed by atoms with Crippen molar-refractivity contribution in [2.24, 2.45) is 7.05 Å². The fourth-order valence-corrected chi connectivity index (χ4v) is 2.97. The molecule has 26 heavy (non-hydrogen) atoms. The van der Waals surface area contributed by atoms with Crippen LogP contribution in [-0.2, 0) is 11.8 Å². The van der Waals surface area contributed by atoms with Crippen LogP contribution in [0.15, 0.2) is 30.5 Å². The Balaban J connectivity index is 1.71. The predicted molar refractivity (Wildman–Crippen MR) is 98.7 cm³/mol. The van der Waals surface area contributed by atoms with Crippen LogP contribution >= 0.6 is 11.6 Å². The summed E-state index contributed by atoms with van der Waals surface area (Å²) in [5.74, 6) is 0.412. The Bertz CT molecular complexity index is 950. The minimum atomic E-state index is -0.384. The summed E-state index contributed by atoms with van der Waals surface area (Å²) in [6, 6.07) is 6.88. The highest BCUT2D eigenvalue weighted by Gasteiger charge is 2.21. The van der Waals surface area contributed by atoms with Crippen LogP contribution < -0.4 is 10.2 Å². The Morgan fingerprint density at radius 2 is 1.92 bits per heavy atom. The quantitative estimate of drug-likeness (QED) is 0.757. The number of ether oxygens (including phenoxy) is 1. The molecule has 1 aromatic carbocycles. The van der Waals surface area contributed by atoms with Gasteiger partial charge in [0.2, 0.25) is 5.82 Å². The first kappa shape index (κ1) is 16.7. The minimum absolute atomic E-state index is 0.0949. The minimum Gasteiger partial charge on any atom is -0.378 e. The Morgan fingerprint density at radius 1 is 1.19 bits per heavy atom. The number of aromatic nitrogens is 4. The van der Waals surface area contributed by atoms with E-state index in [-0.39, 0.29) is 11.7 Å². The van der Waals surface area contributed by atoms with E-state index in [1.165, 1.54) is 0 Å². The van der Waals surface area contributed by atoms with Gasteiger partial charge in [0.05, 0.1) is 24.8 Å². The summed E-state index contributed by atoms with van der Waals surface area (Å²) < 4.78 is 7.05. The molecule has 3 aromatic rings. The predicted octanol–water partition coefficient (Wildman–Crippen LogP) is 2.11. The molecule has 0 unspecified atom stereocenters. The molecule has 1 aliphatic rings. The average Bonchev–Trinajstić information content (AvgIpc) is 3.04. The van der Waals surface area contributed by atoms with Crippen molar-refractivity contribution in [3.05, 3.63) is 41.3 Å². The molecule has 9 heteroatoms. The van der Waals surface area contributed by atoms with Gasteiger partial charge in [-0.3, -0.25) is 9.48 Å². The molecule has 0 spiro atoms. The molecule has 3 heterocycles. The molecule has 4 rings (SSSR count). The molecule has 1 N–H and O–H groups in total. The third kappa shape index (κ3) is 3.21. The summed E-state index contributed by atoms with van der Waals surface area (Å²) in [7, 11) is 1.79. The second-order valence-corrected chi connectivity index (χ2v) is 6.37. The van der Waals surface area contributed by atoms with Crippen molar-refractivity contribution in [3.8, 4) is 0 Å². The Morgan fingerprint density at radius 3 is 2.65 bits per heavy atom. The zero-order chi connectivity index (χ0) is 18.1. The SMILES string of the molecule is Cn1ncc2c(N3CCOCC3)nc(C(=O)Nc3ccc(Cl)cc3)nc21. The normalized spacial score (nSPS) is 14.6. The molecule has 134 valence electrons. The Labute approximate surface area is 154 Å². The maximum Gasteiger partial charge on any atom is 0.293 e.